The van der Waals surface area contributed by atoms with Crippen LogP contribution >= 0.6 is 11.6 Å². The number of hydrogen-bond donors (Lipinski definition) is 0. The van der Waals surface area contributed by atoms with Crippen LogP contribution in [0, 0.1) is 13.8 Å². The lowest BCUT2D eigenvalue weighted by Crippen LogP contribution is -2.16. The molecule has 1 aromatic carbocycles. The van der Waals surface area contributed by atoms with E-state index in [0.717, 1.165) is 16.3 Å². The minimum absolute atomic E-state index is 0.212. The van der Waals surface area contributed by atoms with Crippen LogP contribution in [0.4, 0.5) is 13.2 Å². The van der Waals surface area contributed by atoms with E-state index in [1.165, 1.54) is 12.3 Å². The molecular weight excluding hydrogens is 421 g/mol. The van der Waals surface area contributed by atoms with Gasteiger partial charge in [-0.05, 0) is 43.2 Å². The highest BCUT2D eigenvalue weighted by Crippen LogP contribution is 2.33. The molecule has 0 unspecified atom stereocenters. The molecule has 10 heteroatoms. The zero-order valence-electron chi connectivity index (χ0n) is 15.8. The van der Waals surface area contributed by atoms with Crippen molar-refractivity contribution in [3.05, 3.63) is 74.5 Å². The normalized spacial score (nSPS) is 11.9. The average Bonchev–Trinajstić information content (AvgIpc) is 3.09. The number of fused-ring (bicyclic) bond motifs is 1. The van der Waals surface area contributed by atoms with Gasteiger partial charge in [-0.3, -0.25) is 9.67 Å². The van der Waals surface area contributed by atoms with Gasteiger partial charge in [0, 0.05) is 12.3 Å². The molecule has 0 N–H and O–H groups in total. The van der Waals surface area contributed by atoms with Crippen LogP contribution in [0.5, 0.6) is 0 Å². The first-order chi connectivity index (χ1) is 14.1. The maximum absolute atomic E-state index is 13.6. The van der Waals surface area contributed by atoms with Crippen LogP contribution < -0.4 is 5.63 Å². The van der Waals surface area contributed by atoms with Gasteiger partial charge < -0.3 is 4.42 Å². The summed E-state index contributed by atoms with van der Waals surface area (Å²) in [4.78, 5) is 20.7. The van der Waals surface area contributed by atoms with Crippen LogP contribution in [0.2, 0.25) is 5.02 Å². The van der Waals surface area contributed by atoms with Crippen molar-refractivity contribution in [3.63, 3.8) is 0 Å². The van der Waals surface area contributed by atoms with E-state index in [1.54, 1.807) is 19.1 Å². The van der Waals surface area contributed by atoms with Crippen molar-refractivity contribution in [3.8, 4) is 11.6 Å². The Bertz CT molecular complexity index is 1330. The molecule has 0 fully saturated rings. The van der Waals surface area contributed by atoms with Crippen molar-refractivity contribution in [1.82, 2.24) is 19.7 Å². The zero-order valence-corrected chi connectivity index (χ0v) is 16.5. The average molecular weight is 435 g/mol. The molecule has 0 aliphatic heterocycles. The van der Waals surface area contributed by atoms with E-state index in [-0.39, 0.29) is 34.2 Å². The van der Waals surface area contributed by atoms with E-state index >= 15 is 0 Å². The van der Waals surface area contributed by atoms with Crippen molar-refractivity contribution in [2.75, 3.05) is 0 Å². The molecular formula is C20H14ClF3N4O2. The molecule has 0 bridgehead atoms. The smallest absolute Gasteiger partial charge is 0.401 e. The van der Waals surface area contributed by atoms with E-state index < -0.39 is 17.5 Å². The Morgan fingerprint density at radius 1 is 1.20 bits per heavy atom. The first-order valence-corrected chi connectivity index (χ1v) is 9.18. The van der Waals surface area contributed by atoms with Gasteiger partial charge in [0.05, 0.1) is 28.2 Å². The van der Waals surface area contributed by atoms with Gasteiger partial charge in [0.1, 0.15) is 11.4 Å². The monoisotopic (exact) mass is 434 g/mol. The number of aromatic nitrogens is 4. The van der Waals surface area contributed by atoms with E-state index in [4.69, 9.17) is 16.0 Å². The predicted octanol–water partition coefficient (Wildman–Crippen LogP) is 4.78. The molecule has 0 saturated carbocycles. The SMILES string of the molecule is Cc1cc(C)c2nc(-c3cc(C(F)(F)F)n(Cc4ncccc4Cl)n3)oc(=O)c2c1. The van der Waals surface area contributed by atoms with E-state index in [2.05, 4.69) is 15.1 Å². The Kier molecular flexibility index (Phi) is 4.85. The third-order valence-electron chi connectivity index (χ3n) is 4.49. The first-order valence-electron chi connectivity index (χ1n) is 8.80. The summed E-state index contributed by atoms with van der Waals surface area (Å²) in [6.45, 7) is 3.26. The summed E-state index contributed by atoms with van der Waals surface area (Å²) in [5.74, 6) is -0.296. The second-order valence-corrected chi connectivity index (χ2v) is 7.19. The van der Waals surface area contributed by atoms with Crippen molar-refractivity contribution >= 4 is 22.5 Å². The summed E-state index contributed by atoms with van der Waals surface area (Å²) >= 11 is 6.02. The number of benzene rings is 1. The van der Waals surface area contributed by atoms with Crippen LogP contribution in [0.3, 0.4) is 0 Å². The summed E-state index contributed by atoms with van der Waals surface area (Å²) in [6.07, 6.45) is -3.27. The second kappa shape index (κ2) is 7.24. The van der Waals surface area contributed by atoms with Crippen LogP contribution in [-0.2, 0) is 12.7 Å². The van der Waals surface area contributed by atoms with Gasteiger partial charge in [0.2, 0.25) is 0 Å². The molecule has 30 heavy (non-hydrogen) atoms. The Morgan fingerprint density at radius 2 is 1.97 bits per heavy atom. The molecule has 4 rings (SSSR count). The quantitative estimate of drug-likeness (QED) is 0.463. The highest BCUT2D eigenvalue weighted by molar-refractivity contribution is 6.31. The zero-order chi connectivity index (χ0) is 21.6. The van der Waals surface area contributed by atoms with E-state index in [1.807, 2.05) is 13.0 Å². The molecule has 154 valence electrons. The molecule has 0 saturated heterocycles. The number of hydrogen-bond acceptors (Lipinski definition) is 5. The maximum Gasteiger partial charge on any atom is 0.433 e. The van der Waals surface area contributed by atoms with Crippen molar-refractivity contribution < 1.29 is 17.6 Å². The number of halogens is 4. The predicted molar refractivity (Wildman–Crippen MR) is 104 cm³/mol. The minimum Gasteiger partial charge on any atom is -0.401 e. The summed E-state index contributed by atoms with van der Waals surface area (Å²) in [6, 6.07) is 7.32. The van der Waals surface area contributed by atoms with Gasteiger partial charge >= 0.3 is 11.8 Å². The lowest BCUT2D eigenvalue weighted by Gasteiger charge is -2.10. The molecule has 0 atom stereocenters. The largest absolute Gasteiger partial charge is 0.433 e. The third kappa shape index (κ3) is 3.68. The van der Waals surface area contributed by atoms with Crippen LogP contribution in [0.1, 0.15) is 22.5 Å². The molecule has 3 heterocycles. The van der Waals surface area contributed by atoms with Crippen molar-refractivity contribution in [2.45, 2.75) is 26.6 Å². The highest BCUT2D eigenvalue weighted by atomic mass is 35.5. The molecule has 0 aliphatic rings. The lowest BCUT2D eigenvalue weighted by atomic mass is 10.1. The maximum atomic E-state index is 13.6. The van der Waals surface area contributed by atoms with E-state index in [0.29, 0.717) is 11.1 Å². The number of aryl methyl sites for hydroxylation is 2. The second-order valence-electron chi connectivity index (χ2n) is 6.79. The molecule has 6 nitrogen and oxygen atoms in total. The summed E-state index contributed by atoms with van der Waals surface area (Å²) < 4.78 is 46.7. The Morgan fingerprint density at radius 3 is 2.67 bits per heavy atom. The van der Waals surface area contributed by atoms with Crippen molar-refractivity contribution in [2.24, 2.45) is 0 Å². The Hall–Kier alpha value is -3.20. The standard InChI is InChI=1S/C20H14ClF3N4O2/c1-10-6-11(2)17-12(7-10)19(29)30-18(26-17)14-8-16(20(22,23)24)28(27-14)9-15-13(21)4-3-5-25-15/h3-8H,9H2,1-2H3. The topological polar surface area (TPSA) is 73.8 Å². The molecule has 0 radical (unpaired) electrons. The fourth-order valence-electron chi connectivity index (χ4n) is 3.19. The minimum atomic E-state index is -4.70. The first kappa shape index (κ1) is 20.1. The summed E-state index contributed by atoms with van der Waals surface area (Å²) in [7, 11) is 0. The number of pyridine rings is 1. The van der Waals surface area contributed by atoms with Gasteiger partial charge in [-0.25, -0.2) is 9.78 Å². The molecule has 0 amide bonds. The van der Waals surface area contributed by atoms with Gasteiger partial charge in [-0.15, -0.1) is 0 Å². The summed E-state index contributed by atoms with van der Waals surface area (Å²) in [5, 5.41) is 4.45. The summed E-state index contributed by atoms with van der Waals surface area (Å²) in [5.41, 5.74) is 0.171. The molecule has 0 aliphatic carbocycles. The van der Waals surface area contributed by atoms with Gasteiger partial charge in [-0.2, -0.15) is 18.3 Å². The van der Waals surface area contributed by atoms with E-state index in [9.17, 15) is 18.0 Å². The Labute approximate surface area is 172 Å². The molecule has 4 aromatic rings. The highest BCUT2D eigenvalue weighted by Gasteiger charge is 2.36. The molecule has 0 spiro atoms. The fraction of sp³-hybridized carbons (Fsp3) is 0.200. The van der Waals surface area contributed by atoms with Gasteiger partial charge in [0.15, 0.2) is 0 Å². The van der Waals surface area contributed by atoms with Gasteiger partial charge in [0.25, 0.3) is 5.89 Å². The number of rotatable bonds is 3. The van der Waals surface area contributed by atoms with Crippen molar-refractivity contribution in [1.29, 1.82) is 0 Å². The van der Waals surface area contributed by atoms with Crippen LogP contribution in [0.15, 0.2) is 45.7 Å². The van der Waals surface area contributed by atoms with Crippen LogP contribution in [-0.4, -0.2) is 19.7 Å². The molecule has 3 aromatic heterocycles. The number of nitrogens with zero attached hydrogens (tertiary/aromatic N) is 4. The third-order valence-corrected chi connectivity index (χ3v) is 4.84. The van der Waals surface area contributed by atoms with Gasteiger partial charge in [-0.1, -0.05) is 17.7 Å². The number of alkyl halides is 3. The fourth-order valence-corrected chi connectivity index (χ4v) is 3.37. The lowest BCUT2D eigenvalue weighted by molar-refractivity contribution is -0.144. The van der Waals surface area contributed by atoms with Crippen LogP contribution in [0.25, 0.3) is 22.5 Å². The Balaban J connectivity index is 1.87.